The lowest BCUT2D eigenvalue weighted by Crippen LogP contribution is -3.13. The van der Waals surface area contributed by atoms with Crippen molar-refractivity contribution in [1.29, 1.82) is 0 Å². The van der Waals surface area contributed by atoms with Gasteiger partial charge in [0.05, 0.1) is 39.2 Å². The minimum Gasteiger partial charge on any atom is -0.463 e. The summed E-state index contributed by atoms with van der Waals surface area (Å²) >= 11 is 0. The molecule has 1 aliphatic rings. The maximum Gasteiger partial charge on any atom is 0.157 e. The zero-order valence-electron chi connectivity index (χ0n) is 10.7. The van der Waals surface area contributed by atoms with Crippen molar-refractivity contribution in [3.8, 4) is 0 Å². The summed E-state index contributed by atoms with van der Waals surface area (Å²) in [4.78, 5) is 1.65. The van der Waals surface area contributed by atoms with Gasteiger partial charge in [0.1, 0.15) is 12.1 Å². The van der Waals surface area contributed by atoms with Gasteiger partial charge in [-0.25, -0.2) is 0 Å². The summed E-state index contributed by atoms with van der Waals surface area (Å²) in [6.07, 6.45) is 7.46. The summed E-state index contributed by atoms with van der Waals surface area (Å²) in [6, 6.07) is 4.01. The predicted octanol–water partition coefficient (Wildman–Crippen LogP) is -0.0336. The third-order valence-electron chi connectivity index (χ3n) is 3.97. The fourth-order valence-corrected chi connectivity index (χ4v) is 2.70. The summed E-state index contributed by atoms with van der Waals surface area (Å²) in [5, 5.41) is 2.46. The molecule has 3 heteroatoms. The van der Waals surface area contributed by atoms with Crippen molar-refractivity contribution in [3.63, 3.8) is 0 Å². The van der Waals surface area contributed by atoms with Gasteiger partial charge in [-0.2, -0.15) is 0 Å². The Labute approximate surface area is 103 Å². The monoisotopic (exact) mass is 236 g/mol. The SMILES string of the molecule is C=CCC1([NH2+]Cc2ccco2)CC[NH+](C)CC1. The van der Waals surface area contributed by atoms with Crippen LogP contribution in [0, 0.1) is 0 Å². The Bertz CT molecular complexity index is 337. The summed E-state index contributed by atoms with van der Waals surface area (Å²) in [6.45, 7) is 7.39. The second-order valence-corrected chi connectivity index (χ2v) is 5.30. The molecule has 3 N–H and O–H groups in total. The summed E-state index contributed by atoms with van der Waals surface area (Å²) in [7, 11) is 2.28. The van der Waals surface area contributed by atoms with E-state index < -0.39 is 0 Å². The van der Waals surface area contributed by atoms with Crippen molar-refractivity contribution < 1.29 is 14.6 Å². The lowest BCUT2D eigenvalue weighted by atomic mass is 9.84. The standard InChI is InChI=1S/C14H22N2O/c1-3-6-14(7-9-16(2)10-8-14)15-12-13-5-4-11-17-13/h3-5,11,15H,1,6-10,12H2,2H3/p+2. The van der Waals surface area contributed by atoms with Crippen molar-refractivity contribution >= 4 is 0 Å². The minimum atomic E-state index is 0.355. The lowest BCUT2D eigenvalue weighted by Gasteiger charge is -2.35. The molecular formula is C14H24N2O+2. The molecular weight excluding hydrogens is 212 g/mol. The first-order valence-corrected chi connectivity index (χ1v) is 6.53. The van der Waals surface area contributed by atoms with Gasteiger partial charge in [-0.15, -0.1) is 6.58 Å². The number of quaternary nitrogens is 2. The Morgan fingerprint density at radius 1 is 1.53 bits per heavy atom. The molecule has 0 radical (unpaired) electrons. The van der Waals surface area contributed by atoms with E-state index in [1.54, 1.807) is 11.2 Å². The van der Waals surface area contributed by atoms with Gasteiger partial charge in [0.15, 0.2) is 5.76 Å². The topological polar surface area (TPSA) is 34.2 Å². The van der Waals surface area contributed by atoms with Crippen LogP contribution in [-0.2, 0) is 6.54 Å². The molecule has 0 amide bonds. The van der Waals surface area contributed by atoms with Gasteiger partial charge in [-0.3, -0.25) is 0 Å². The molecule has 2 rings (SSSR count). The van der Waals surface area contributed by atoms with Gasteiger partial charge in [0.2, 0.25) is 0 Å². The molecule has 17 heavy (non-hydrogen) atoms. The summed E-state index contributed by atoms with van der Waals surface area (Å²) < 4.78 is 5.41. The Hall–Kier alpha value is -1.06. The first-order valence-electron chi connectivity index (χ1n) is 6.53. The van der Waals surface area contributed by atoms with E-state index in [2.05, 4.69) is 31.1 Å². The van der Waals surface area contributed by atoms with E-state index in [1.807, 2.05) is 6.07 Å². The second kappa shape index (κ2) is 5.52. The zero-order chi connectivity index (χ0) is 12.1. The largest absolute Gasteiger partial charge is 0.463 e. The van der Waals surface area contributed by atoms with Gasteiger partial charge in [0.25, 0.3) is 0 Å². The van der Waals surface area contributed by atoms with Gasteiger partial charge < -0.3 is 14.6 Å². The predicted molar refractivity (Wildman–Crippen MR) is 67.7 cm³/mol. The van der Waals surface area contributed by atoms with E-state index in [4.69, 9.17) is 4.42 Å². The summed E-state index contributed by atoms with van der Waals surface area (Å²) in [5.74, 6) is 1.07. The van der Waals surface area contributed by atoms with Gasteiger partial charge in [-0.05, 0) is 12.1 Å². The van der Waals surface area contributed by atoms with E-state index in [9.17, 15) is 0 Å². The van der Waals surface area contributed by atoms with Crippen LogP contribution in [0.2, 0.25) is 0 Å². The first kappa shape index (κ1) is 12.4. The Kier molecular flexibility index (Phi) is 4.02. The van der Waals surface area contributed by atoms with Gasteiger partial charge >= 0.3 is 0 Å². The molecule has 0 unspecified atom stereocenters. The molecule has 94 valence electrons. The highest BCUT2D eigenvalue weighted by atomic mass is 16.3. The lowest BCUT2D eigenvalue weighted by molar-refractivity contribution is -0.900. The highest BCUT2D eigenvalue weighted by Crippen LogP contribution is 2.16. The number of likely N-dealkylation sites (tertiary alicyclic amines) is 1. The van der Waals surface area contributed by atoms with Crippen LogP contribution in [0.1, 0.15) is 25.0 Å². The molecule has 0 aromatic carbocycles. The maximum absolute atomic E-state index is 5.41. The molecule has 3 nitrogen and oxygen atoms in total. The average Bonchev–Trinajstić information content (AvgIpc) is 2.84. The molecule has 1 aromatic rings. The number of rotatable bonds is 5. The van der Waals surface area contributed by atoms with Crippen LogP contribution in [0.3, 0.4) is 0 Å². The third-order valence-corrected chi connectivity index (χ3v) is 3.97. The average molecular weight is 236 g/mol. The number of hydrogen-bond donors (Lipinski definition) is 2. The van der Waals surface area contributed by atoms with E-state index in [-0.39, 0.29) is 0 Å². The maximum atomic E-state index is 5.41. The van der Waals surface area contributed by atoms with Crippen molar-refractivity contribution in [2.24, 2.45) is 0 Å². The van der Waals surface area contributed by atoms with Crippen LogP contribution >= 0.6 is 0 Å². The number of nitrogens with two attached hydrogens (primary N) is 1. The number of furan rings is 1. The van der Waals surface area contributed by atoms with Crippen LogP contribution in [0.25, 0.3) is 0 Å². The van der Waals surface area contributed by atoms with E-state index in [1.165, 1.54) is 25.9 Å². The van der Waals surface area contributed by atoms with Crippen molar-refractivity contribution in [1.82, 2.24) is 0 Å². The molecule has 0 atom stereocenters. The quantitative estimate of drug-likeness (QED) is 0.692. The molecule has 0 saturated carbocycles. The van der Waals surface area contributed by atoms with Crippen LogP contribution < -0.4 is 10.2 Å². The third kappa shape index (κ3) is 3.20. The summed E-state index contributed by atoms with van der Waals surface area (Å²) in [5.41, 5.74) is 0.355. The van der Waals surface area contributed by atoms with Crippen molar-refractivity contribution in [2.45, 2.75) is 31.3 Å². The fraction of sp³-hybridized carbons (Fsp3) is 0.571. The van der Waals surface area contributed by atoms with E-state index in [0.717, 1.165) is 18.7 Å². The zero-order valence-corrected chi connectivity index (χ0v) is 10.7. The van der Waals surface area contributed by atoms with Crippen molar-refractivity contribution in [3.05, 3.63) is 36.8 Å². The second-order valence-electron chi connectivity index (χ2n) is 5.30. The van der Waals surface area contributed by atoms with Crippen LogP contribution in [0.4, 0.5) is 0 Å². The number of piperidine rings is 1. The number of nitrogens with one attached hydrogen (secondary N) is 1. The van der Waals surface area contributed by atoms with Crippen molar-refractivity contribution in [2.75, 3.05) is 20.1 Å². The molecule has 1 saturated heterocycles. The molecule has 0 bridgehead atoms. The van der Waals surface area contributed by atoms with Gasteiger partial charge in [-0.1, -0.05) is 6.08 Å². The van der Waals surface area contributed by atoms with E-state index in [0.29, 0.717) is 5.54 Å². The first-order chi connectivity index (χ1) is 8.24. The Balaban J connectivity index is 1.94. The molecule has 0 spiro atoms. The van der Waals surface area contributed by atoms with Crippen LogP contribution in [0.5, 0.6) is 0 Å². The molecule has 1 aliphatic heterocycles. The van der Waals surface area contributed by atoms with Crippen LogP contribution in [-0.4, -0.2) is 25.7 Å². The highest BCUT2D eigenvalue weighted by Gasteiger charge is 2.37. The molecule has 1 aromatic heterocycles. The number of hydrogen-bond acceptors (Lipinski definition) is 1. The van der Waals surface area contributed by atoms with E-state index >= 15 is 0 Å². The fourth-order valence-electron chi connectivity index (χ4n) is 2.70. The Morgan fingerprint density at radius 3 is 2.88 bits per heavy atom. The molecule has 0 aliphatic carbocycles. The molecule has 1 fully saturated rings. The minimum absolute atomic E-state index is 0.355. The Morgan fingerprint density at radius 2 is 2.29 bits per heavy atom. The van der Waals surface area contributed by atoms with Crippen LogP contribution in [0.15, 0.2) is 35.5 Å². The van der Waals surface area contributed by atoms with Gasteiger partial charge in [0, 0.05) is 6.42 Å². The smallest absolute Gasteiger partial charge is 0.157 e. The normalized spacial score (nSPS) is 29.1. The highest BCUT2D eigenvalue weighted by molar-refractivity contribution is 4.96. The molecule has 2 heterocycles.